The minimum atomic E-state index is -2.07. The van der Waals surface area contributed by atoms with Gasteiger partial charge in [-0.15, -0.1) is 0 Å². The Hall–Kier alpha value is -3.15. The molecule has 0 fully saturated rings. The Morgan fingerprint density at radius 2 is 1.64 bits per heavy atom. The van der Waals surface area contributed by atoms with Crippen LogP contribution in [0.15, 0.2) is 48.5 Å². The van der Waals surface area contributed by atoms with Crippen LogP contribution in [0.4, 0.5) is 5.69 Å². The summed E-state index contributed by atoms with van der Waals surface area (Å²) in [6.07, 6.45) is 0. The van der Waals surface area contributed by atoms with Gasteiger partial charge in [0.05, 0.1) is 11.3 Å². The quantitative estimate of drug-likeness (QED) is 0.656. The Kier molecular flexibility index (Phi) is 4.75. The molecule has 1 aliphatic heterocycles. The molecule has 3 rings (SSSR count). The topological polar surface area (TPSA) is 75.7 Å². The number of fused-ring (bicyclic) bond motifs is 1. The third-order valence-electron chi connectivity index (χ3n) is 4.59. The van der Waals surface area contributed by atoms with E-state index >= 15 is 0 Å². The second-order valence-electron chi connectivity index (χ2n) is 8.02. The van der Waals surface area contributed by atoms with E-state index in [1.807, 2.05) is 6.92 Å². The summed E-state index contributed by atoms with van der Waals surface area (Å²) >= 11 is 0. The first-order chi connectivity index (χ1) is 13.1. The van der Waals surface area contributed by atoms with Gasteiger partial charge in [-0.05, 0) is 45.9 Å². The molecule has 0 radical (unpaired) electrons. The lowest BCUT2D eigenvalue weighted by atomic mass is 9.92. The third kappa shape index (κ3) is 3.26. The van der Waals surface area contributed by atoms with Crippen molar-refractivity contribution in [2.75, 3.05) is 11.9 Å². The number of benzene rings is 2. The number of para-hydroxylation sites is 1. The number of esters is 1. The number of amides is 2. The molecule has 2 aromatic carbocycles. The molecule has 0 aromatic heterocycles. The van der Waals surface area contributed by atoms with Crippen LogP contribution in [0.1, 0.15) is 42.3 Å². The van der Waals surface area contributed by atoms with Crippen LogP contribution in [0, 0.1) is 6.92 Å². The summed E-state index contributed by atoms with van der Waals surface area (Å²) in [6.45, 7) is 7.30. The van der Waals surface area contributed by atoms with Crippen molar-refractivity contribution in [3.8, 4) is 0 Å². The van der Waals surface area contributed by atoms with Gasteiger partial charge in [0.1, 0.15) is 0 Å². The molecule has 1 heterocycles. The fourth-order valence-electron chi connectivity index (χ4n) is 3.21. The number of nitrogens with one attached hydrogen (secondary N) is 1. The average Bonchev–Trinajstić information content (AvgIpc) is 2.84. The van der Waals surface area contributed by atoms with Gasteiger partial charge in [0.25, 0.3) is 17.4 Å². The van der Waals surface area contributed by atoms with Gasteiger partial charge in [0, 0.05) is 18.2 Å². The average molecular weight is 380 g/mol. The van der Waals surface area contributed by atoms with E-state index in [1.165, 1.54) is 4.90 Å². The van der Waals surface area contributed by atoms with Crippen LogP contribution in [0.3, 0.4) is 0 Å². The van der Waals surface area contributed by atoms with E-state index in [-0.39, 0.29) is 5.56 Å². The van der Waals surface area contributed by atoms with Crippen molar-refractivity contribution in [2.24, 2.45) is 0 Å². The largest absolute Gasteiger partial charge is 0.430 e. The summed E-state index contributed by atoms with van der Waals surface area (Å²) in [7, 11) is 1.56. The van der Waals surface area contributed by atoms with Gasteiger partial charge in [-0.2, -0.15) is 0 Å². The molecule has 2 amide bonds. The first-order valence-corrected chi connectivity index (χ1v) is 9.06. The first-order valence-electron chi connectivity index (χ1n) is 9.06. The van der Waals surface area contributed by atoms with Gasteiger partial charge in [-0.3, -0.25) is 9.59 Å². The molecule has 1 aliphatic rings. The van der Waals surface area contributed by atoms with Crippen LogP contribution in [0.5, 0.6) is 0 Å². The smallest absolute Gasteiger partial charge is 0.340 e. The number of carbonyl (C=O) groups is 3. The Balaban J connectivity index is 2.11. The van der Waals surface area contributed by atoms with Crippen LogP contribution < -0.4 is 10.2 Å². The summed E-state index contributed by atoms with van der Waals surface area (Å²) in [5.74, 6) is -2.00. The summed E-state index contributed by atoms with van der Waals surface area (Å²) in [5.41, 5.74) is -0.540. The van der Waals surface area contributed by atoms with Crippen molar-refractivity contribution in [2.45, 2.75) is 38.8 Å². The van der Waals surface area contributed by atoms with Crippen molar-refractivity contribution in [1.29, 1.82) is 0 Å². The van der Waals surface area contributed by atoms with E-state index in [2.05, 4.69) is 5.32 Å². The lowest BCUT2D eigenvalue weighted by molar-refractivity contribution is -0.153. The van der Waals surface area contributed by atoms with Crippen molar-refractivity contribution in [1.82, 2.24) is 5.32 Å². The highest BCUT2D eigenvalue weighted by atomic mass is 16.6. The molecule has 0 spiro atoms. The lowest BCUT2D eigenvalue weighted by Gasteiger charge is -2.31. The van der Waals surface area contributed by atoms with Gasteiger partial charge in [0.2, 0.25) is 0 Å². The zero-order chi connectivity index (χ0) is 20.7. The summed E-state index contributed by atoms with van der Waals surface area (Å²) in [6, 6.07) is 13.6. The zero-order valence-electron chi connectivity index (χ0n) is 16.7. The number of nitrogens with zero attached hydrogens (tertiary/aromatic N) is 1. The van der Waals surface area contributed by atoms with Crippen molar-refractivity contribution in [3.05, 3.63) is 65.2 Å². The highest BCUT2D eigenvalue weighted by Crippen LogP contribution is 2.43. The van der Waals surface area contributed by atoms with Crippen molar-refractivity contribution >= 4 is 23.5 Å². The Labute approximate surface area is 164 Å². The van der Waals surface area contributed by atoms with Gasteiger partial charge < -0.3 is 15.0 Å². The number of carbonyl (C=O) groups excluding carboxylic acids is 3. The number of hydrogen-bond acceptors (Lipinski definition) is 4. The molecular formula is C22H24N2O4. The molecule has 2 aromatic rings. The monoisotopic (exact) mass is 380 g/mol. The summed E-state index contributed by atoms with van der Waals surface area (Å²) < 4.78 is 5.70. The van der Waals surface area contributed by atoms with Crippen molar-refractivity contribution < 1.29 is 19.1 Å². The lowest BCUT2D eigenvalue weighted by Crippen LogP contribution is -2.57. The Morgan fingerprint density at radius 1 is 1.04 bits per heavy atom. The van der Waals surface area contributed by atoms with E-state index in [4.69, 9.17) is 4.74 Å². The molecule has 0 saturated heterocycles. The standard InChI is InChI=1S/C22H24N2O4/c1-14-10-12-15(13-11-14)18(25)28-22(19(26)23-21(2,3)4)16-8-6-7-9-17(16)24(5)20(22)27/h6-13H,1-5H3,(H,23,26). The summed E-state index contributed by atoms with van der Waals surface area (Å²) in [5, 5.41) is 2.80. The predicted molar refractivity (Wildman–Crippen MR) is 106 cm³/mol. The molecule has 6 heteroatoms. The molecule has 6 nitrogen and oxygen atoms in total. The number of aryl methyl sites for hydroxylation is 1. The predicted octanol–water partition coefficient (Wildman–Crippen LogP) is 2.94. The van der Waals surface area contributed by atoms with E-state index in [9.17, 15) is 14.4 Å². The second kappa shape index (κ2) is 6.78. The van der Waals surface area contributed by atoms with Gasteiger partial charge in [-0.1, -0.05) is 35.9 Å². The van der Waals surface area contributed by atoms with Crippen molar-refractivity contribution in [3.63, 3.8) is 0 Å². The Morgan fingerprint density at radius 3 is 2.25 bits per heavy atom. The van der Waals surface area contributed by atoms with Gasteiger partial charge in [0.15, 0.2) is 0 Å². The molecule has 28 heavy (non-hydrogen) atoms. The van der Waals surface area contributed by atoms with E-state index in [1.54, 1.807) is 76.3 Å². The minimum absolute atomic E-state index is 0.272. The zero-order valence-corrected chi connectivity index (χ0v) is 16.7. The highest BCUT2D eigenvalue weighted by Gasteiger charge is 2.59. The minimum Gasteiger partial charge on any atom is -0.430 e. The number of likely N-dealkylation sites (N-methyl/N-ethyl adjacent to an activating group) is 1. The maximum Gasteiger partial charge on any atom is 0.340 e. The fraction of sp³-hybridized carbons (Fsp3) is 0.318. The van der Waals surface area contributed by atoms with Crippen LogP contribution in [0.2, 0.25) is 0 Å². The molecule has 146 valence electrons. The normalized spacial score (nSPS) is 18.6. The van der Waals surface area contributed by atoms with Crippen LogP contribution in [-0.2, 0) is 19.9 Å². The molecule has 1 N–H and O–H groups in total. The molecule has 0 aliphatic carbocycles. The molecule has 1 unspecified atom stereocenters. The SMILES string of the molecule is Cc1ccc(C(=O)OC2(C(=O)NC(C)(C)C)C(=O)N(C)c3ccccc32)cc1. The van der Waals surface area contributed by atoms with E-state index in [0.29, 0.717) is 11.3 Å². The molecule has 1 atom stereocenters. The van der Waals surface area contributed by atoms with E-state index < -0.39 is 28.9 Å². The van der Waals surface area contributed by atoms with Crippen LogP contribution in [-0.4, -0.2) is 30.4 Å². The van der Waals surface area contributed by atoms with Crippen LogP contribution >= 0.6 is 0 Å². The van der Waals surface area contributed by atoms with Gasteiger partial charge >= 0.3 is 5.97 Å². The number of anilines is 1. The Bertz CT molecular complexity index is 944. The third-order valence-corrected chi connectivity index (χ3v) is 4.59. The molecular weight excluding hydrogens is 356 g/mol. The van der Waals surface area contributed by atoms with Crippen LogP contribution in [0.25, 0.3) is 0 Å². The van der Waals surface area contributed by atoms with E-state index in [0.717, 1.165) is 5.56 Å². The van der Waals surface area contributed by atoms with Gasteiger partial charge in [-0.25, -0.2) is 4.79 Å². The molecule has 0 saturated carbocycles. The molecule has 0 bridgehead atoms. The summed E-state index contributed by atoms with van der Waals surface area (Å²) in [4.78, 5) is 40.7. The maximum atomic E-state index is 13.3. The fourth-order valence-corrected chi connectivity index (χ4v) is 3.21. The number of rotatable bonds is 3. The number of ether oxygens (including phenoxy) is 1. The maximum absolute atomic E-state index is 13.3. The first kappa shape index (κ1) is 19.6. The highest BCUT2D eigenvalue weighted by molar-refractivity contribution is 6.21. The number of hydrogen-bond donors (Lipinski definition) is 1. The second-order valence-corrected chi connectivity index (χ2v) is 8.02.